The Bertz CT molecular complexity index is 324. The summed E-state index contributed by atoms with van der Waals surface area (Å²) in [6, 6.07) is 0. The maximum atomic E-state index is 11.6. The molecule has 0 aromatic carbocycles. The number of rotatable bonds is 5. The second kappa shape index (κ2) is 5.86. The van der Waals surface area contributed by atoms with E-state index in [9.17, 15) is 4.79 Å². The van der Waals surface area contributed by atoms with E-state index in [1.54, 1.807) is 0 Å². The second-order valence-electron chi connectivity index (χ2n) is 3.49. The van der Waals surface area contributed by atoms with E-state index >= 15 is 0 Å². The fourth-order valence-electron chi connectivity index (χ4n) is 1.47. The van der Waals surface area contributed by atoms with Crippen LogP contribution in [0.2, 0.25) is 0 Å². The molecule has 6 nitrogen and oxygen atoms in total. The molecule has 1 aromatic rings. The van der Waals surface area contributed by atoms with Gasteiger partial charge in [0.25, 0.3) is 0 Å². The van der Waals surface area contributed by atoms with Gasteiger partial charge in [-0.3, -0.25) is 9.89 Å². The maximum Gasteiger partial charge on any atom is 0.225 e. The molecule has 1 fully saturated rings. The summed E-state index contributed by atoms with van der Waals surface area (Å²) in [6.07, 6.45) is 2.30. The van der Waals surface area contributed by atoms with E-state index in [2.05, 4.69) is 20.5 Å². The molecule has 0 spiro atoms. The van der Waals surface area contributed by atoms with Crippen molar-refractivity contribution < 1.29 is 9.53 Å². The number of hydrogen-bond acceptors (Lipinski definition) is 5. The topological polar surface area (TPSA) is 79.9 Å². The molecule has 1 amide bonds. The number of ether oxygens (including phenoxy) is 1. The molecule has 2 heterocycles. The lowest BCUT2D eigenvalue weighted by Crippen LogP contribution is -2.32. The first-order valence-electron chi connectivity index (χ1n) is 5.20. The molecular formula is C9H14N4O2S. The fraction of sp³-hybridized carbons (Fsp3) is 0.667. The second-order valence-corrected chi connectivity index (χ2v) is 4.57. The Hall–Kier alpha value is -1.08. The van der Waals surface area contributed by atoms with E-state index in [-0.39, 0.29) is 11.8 Å². The summed E-state index contributed by atoms with van der Waals surface area (Å²) in [7, 11) is 0. The Morgan fingerprint density at radius 3 is 3.38 bits per heavy atom. The van der Waals surface area contributed by atoms with Crippen LogP contribution in [-0.2, 0) is 9.53 Å². The van der Waals surface area contributed by atoms with Gasteiger partial charge in [-0.15, -0.1) is 0 Å². The van der Waals surface area contributed by atoms with Crippen molar-refractivity contribution in [2.24, 2.45) is 5.92 Å². The molecule has 1 saturated heterocycles. The number of H-pyrrole nitrogens is 1. The highest BCUT2D eigenvalue weighted by Gasteiger charge is 2.22. The van der Waals surface area contributed by atoms with Crippen LogP contribution in [0.1, 0.15) is 6.42 Å². The quantitative estimate of drug-likeness (QED) is 0.563. The molecule has 0 bridgehead atoms. The summed E-state index contributed by atoms with van der Waals surface area (Å²) in [5.74, 6) is 0.917. The third-order valence-corrected chi connectivity index (χ3v) is 3.21. The van der Waals surface area contributed by atoms with E-state index < -0.39 is 0 Å². The Balaban J connectivity index is 1.59. The molecule has 1 atom stereocenters. The highest BCUT2D eigenvalue weighted by molar-refractivity contribution is 7.99. The average Bonchev–Trinajstić information content (AvgIpc) is 2.96. The van der Waals surface area contributed by atoms with Crippen LogP contribution < -0.4 is 5.32 Å². The van der Waals surface area contributed by atoms with Crippen molar-refractivity contribution >= 4 is 17.7 Å². The lowest BCUT2D eigenvalue weighted by Gasteiger charge is -2.08. The summed E-state index contributed by atoms with van der Waals surface area (Å²) in [5.41, 5.74) is 0. The minimum Gasteiger partial charge on any atom is -0.381 e. The van der Waals surface area contributed by atoms with Gasteiger partial charge in [-0.05, 0) is 6.42 Å². The van der Waals surface area contributed by atoms with Gasteiger partial charge in [0.05, 0.1) is 12.5 Å². The van der Waals surface area contributed by atoms with Gasteiger partial charge in [-0.1, -0.05) is 11.8 Å². The number of carbonyl (C=O) groups is 1. The summed E-state index contributed by atoms with van der Waals surface area (Å²) in [6.45, 7) is 1.90. The zero-order valence-electron chi connectivity index (χ0n) is 8.81. The normalized spacial score (nSPS) is 19.9. The minimum absolute atomic E-state index is 0.0373. The predicted molar refractivity (Wildman–Crippen MR) is 59.0 cm³/mol. The minimum atomic E-state index is 0.0373. The molecule has 0 aliphatic carbocycles. The molecule has 1 aliphatic rings. The number of nitrogens with zero attached hydrogens (tertiary/aromatic N) is 2. The summed E-state index contributed by atoms with van der Waals surface area (Å²) in [5, 5.41) is 10.1. The van der Waals surface area contributed by atoms with Crippen LogP contribution in [-0.4, -0.2) is 46.6 Å². The summed E-state index contributed by atoms with van der Waals surface area (Å²) >= 11 is 1.54. The zero-order chi connectivity index (χ0) is 11.2. The van der Waals surface area contributed by atoms with E-state index in [1.165, 1.54) is 18.1 Å². The number of nitrogens with one attached hydrogen (secondary N) is 2. The monoisotopic (exact) mass is 242 g/mol. The van der Waals surface area contributed by atoms with Crippen molar-refractivity contribution in [2.75, 3.05) is 25.5 Å². The highest BCUT2D eigenvalue weighted by atomic mass is 32.2. The first-order valence-corrected chi connectivity index (χ1v) is 6.18. The van der Waals surface area contributed by atoms with Crippen LogP contribution in [0.5, 0.6) is 0 Å². The number of hydrogen-bond donors (Lipinski definition) is 2. The molecule has 2 rings (SSSR count). The maximum absolute atomic E-state index is 11.6. The van der Waals surface area contributed by atoms with Gasteiger partial charge in [0.15, 0.2) is 5.16 Å². The van der Waals surface area contributed by atoms with Crippen LogP contribution in [0, 0.1) is 5.92 Å². The largest absolute Gasteiger partial charge is 0.381 e. The lowest BCUT2D eigenvalue weighted by atomic mass is 10.1. The fourth-order valence-corrected chi connectivity index (χ4v) is 2.11. The average molecular weight is 242 g/mol. The first-order chi connectivity index (χ1) is 7.86. The molecule has 1 unspecified atom stereocenters. The SMILES string of the molecule is O=C(NCCSc1ncn[nH]1)C1CCOC1. The Kier molecular flexibility index (Phi) is 4.17. The number of amides is 1. The molecule has 0 saturated carbocycles. The van der Waals surface area contributed by atoms with Gasteiger partial charge in [0.2, 0.25) is 5.91 Å². The van der Waals surface area contributed by atoms with Gasteiger partial charge < -0.3 is 10.1 Å². The van der Waals surface area contributed by atoms with Crippen LogP contribution in [0.3, 0.4) is 0 Å². The molecule has 16 heavy (non-hydrogen) atoms. The van der Waals surface area contributed by atoms with Gasteiger partial charge in [0, 0.05) is 18.9 Å². The predicted octanol–water partition coefficient (Wildman–Crippen LogP) is 0.0495. The van der Waals surface area contributed by atoms with E-state index in [0.29, 0.717) is 19.8 Å². The van der Waals surface area contributed by atoms with Crippen molar-refractivity contribution in [2.45, 2.75) is 11.6 Å². The number of carbonyl (C=O) groups excluding carboxylic acids is 1. The van der Waals surface area contributed by atoms with Crippen molar-refractivity contribution in [3.05, 3.63) is 6.33 Å². The van der Waals surface area contributed by atoms with E-state index in [4.69, 9.17) is 4.74 Å². The first kappa shape index (κ1) is 11.4. The molecular weight excluding hydrogens is 228 g/mol. The molecule has 88 valence electrons. The number of aromatic nitrogens is 3. The zero-order valence-corrected chi connectivity index (χ0v) is 9.63. The molecule has 1 aliphatic heterocycles. The lowest BCUT2D eigenvalue weighted by molar-refractivity contribution is -0.124. The smallest absolute Gasteiger partial charge is 0.225 e. The highest BCUT2D eigenvalue weighted by Crippen LogP contribution is 2.12. The summed E-state index contributed by atoms with van der Waals surface area (Å²) < 4.78 is 5.15. The Morgan fingerprint density at radius 2 is 2.69 bits per heavy atom. The molecule has 0 radical (unpaired) electrons. The van der Waals surface area contributed by atoms with Crippen LogP contribution >= 0.6 is 11.8 Å². The summed E-state index contributed by atoms with van der Waals surface area (Å²) in [4.78, 5) is 15.5. The number of thioether (sulfide) groups is 1. The van der Waals surface area contributed by atoms with Gasteiger partial charge in [0.1, 0.15) is 6.33 Å². The molecule has 2 N–H and O–H groups in total. The number of aromatic amines is 1. The standard InChI is InChI=1S/C9H14N4O2S/c14-8(7-1-3-15-5-7)10-2-4-16-9-11-6-12-13-9/h6-7H,1-5H2,(H,10,14)(H,11,12,13). The van der Waals surface area contributed by atoms with Crippen molar-refractivity contribution in [3.63, 3.8) is 0 Å². The van der Waals surface area contributed by atoms with Crippen molar-refractivity contribution in [1.29, 1.82) is 0 Å². The van der Waals surface area contributed by atoms with Gasteiger partial charge in [-0.25, -0.2) is 4.98 Å². The van der Waals surface area contributed by atoms with Crippen LogP contribution in [0.25, 0.3) is 0 Å². The van der Waals surface area contributed by atoms with E-state index in [1.807, 2.05) is 0 Å². The Morgan fingerprint density at radius 1 is 1.75 bits per heavy atom. The van der Waals surface area contributed by atoms with Gasteiger partial charge >= 0.3 is 0 Å². The third kappa shape index (κ3) is 3.21. The van der Waals surface area contributed by atoms with Crippen LogP contribution in [0.4, 0.5) is 0 Å². The van der Waals surface area contributed by atoms with Crippen molar-refractivity contribution in [3.8, 4) is 0 Å². The van der Waals surface area contributed by atoms with E-state index in [0.717, 1.165) is 17.3 Å². The molecule has 1 aromatic heterocycles. The Labute approximate surface area is 97.5 Å². The third-order valence-electron chi connectivity index (χ3n) is 2.33. The van der Waals surface area contributed by atoms with Crippen molar-refractivity contribution in [1.82, 2.24) is 20.5 Å². The molecule has 7 heteroatoms. The van der Waals surface area contributed by atoms with Gasteiger partial charge in [-0.2, -0.15) is 5.10 Å². The van der Waals surface area contributed by atoms with Crippen LogP contribution in [0.15, 0.2) is 11.5 Å².